The van der Waals surface area contributed by atoms with Crippen molar-refractivity contribution in [3.63, 3.8) is 0 Å². The summed E-state index contributed by atoms with van der Waals surface area (Å²) in [4.78, 5) is 10.8. The van der Waals surface area contributed by atoms with Gasteiger partial charge in [0.25, 0.3) is 0 Å². The molecule has 1 unspecified atom stereocenters. The van der Waals surface area contributed by atoms with Gasteiger partial charge in [0, 0.05) is 0 Å². The molecule has 0 amide bonds. The quantitative estimate of drug-likeness (QED) is 0.414. The second-order valence-corrected chi connectivity index (χ2v) is 3.33. The van der Waals surface area contributed by atoms with Crippen molar-refractivity contribution in [3.8, 4) is 0 Å². The minimum absolute atomic E-state index is 0.121. The van der Waals surface area contributed by atoms with Crippen molar-refractivity contribution in [2.24, 2.45) is 0 Å². The number of rotatable bonds is 5. The Morgan fingerprint density at radius 1 is 1.50 bits per heavy atom. The molecule has 0 aromatic rings. The number of carbonyl (C=O) groups is 1. The molecule has 0 rings (SSSR count). The normalized spacial score (nSPS) is 13.8. The van der Waals surface area contributed by atoms with Gasteiger partial charge in [-0.3, -0.25) is 4.79 Å². The lowest BCUT2D eigenvalue weighted by atomic mass is 10.3. The van der Waals surface area contributed by atoms with Crippen LogP contribution in [0.1, 0.15) is 26.2 Å². The molecule has 0 radical (unpaired) electrons. The van der Waals surface area contributed by atoms with Crippen molar-refractivity contribution in [1.29, 1.82) is 0 Å². The second-order valence-electron chi connectivity index (χ2n) is 2.81. The highest BCUT2D eigenvalue weighted by Gasteiger charge is 2.34. The predicted molar refractivity (Wildman–Crippen MR) is 46.2 cm³/mol. The van der Waals surface area contributed by atoms with Crippen LogP contribution >= 0.6 is 11.6 Å². The van der Waals surface area contributed by atoms with Gasteiger partial charge in [0.1, 0.15) is 5.38 Å². The largest absolute Gasteiger partial charge is 0.465 e. The Balaban J connectivity index is 3.77. The average molecular weight is 233 g/mol. The van der Waals surface area contributed by atoms with Crippen LogP contribution in [-0.4, -0.2) is 24.1 Å². The number of carbonyl (C=O) groups excluding carboxylic acids is 1. The van der Waals surface area contributed by atoms with E-state index in [1.807, 2.05) is 6.92 Å². The minimum atomic E-state index is -4.43. The molecule has 0 aliphatic heterocycles. The Labute approximate surface area is 85.4 Å². The molecular weight excluding hydrogens is 221 g/mol. The highest BCUT2D eigenvalue weighted by atomic mass is 35.5. The Bertz CT molecular complexity index is 182. The van der Waals surface area contributed by atoms with E-state index in [4.69, 9.17) is 11.6 Å². The average Bonchev–Trinajstić information content (AvgIpc) is 2.01. The van der Waals surface area contributed by atoms with Gasteiger partial charge >= 0.3 is 12.1 Å². The predicted octanol–water partition coefficient (Wildman–Crippen LogP) is 2.89. The molecule has 0 saturated carbocycles. The summed E-state index contributed by atoms with van der Waals surface area (Å²) in [6.45, 7) is 2.00. The zero-order valence-corrected chi connectivity index (χ0v) is 8.49. The third-order valence-electron chi connectivity index (χ3n) is 1.41. The van der Waals surface area contributed by atoms with Crippen molar-refractivity contribution < 1.29 is 22.7 Å². The van der Waals surface area contributed by atoms with E-state index >= 15 is 0 Å². The molecule has 0 aromatic heterocycles. The monoisotopic (exact) mass is 232 g/mol. The summed E-state index contributed by atoms with van der Waals surface area (Å²) in [5, 5.41) is -1.63. The van der Waals surface area contributed by atoms with Gasteiger partial charge in [-0.25, -0.2) is 0 Å². The van der Waals surface area contributed by atoms with Crippen LogP contribution in [0.25, 0.3) is 0 Å². The molecule has 0 fully saturated rings. The van der Waals surface area contributed by atoms with E-state index in [1.54, 1.807) is 0 Å². The van der Waals surface area contributed by atoms with Gasteiger partial charge in [-0.05, 0) is 6.42 Å². The first-order valence-electron chi connectivity index (χ1n) is 4.24. The van der Waals surface area contributed by atoms with Crippen molar-refractivity contribution in [2.75, 3.05) is 6.61 Å². The lowest BCUT2D eigenvalue weighted by Crippen LogP contribution is -2.25. The summed E-state index contributed by atoms with van der Waals surface area (Å²) in [6.07, 6.45) is -4.35. The summed E-state index contributed by atoms with van der Waals surface area (Å²) in [5.41, 5.74) is 0. The zero-order chi connectivity index (χ0) is 11.2. The molecule has 0 saturated heterocycles. The lowest BCUT2D eigenvalue weighted by Gasteiger charge is -2.11. The molecule has 0 aliphatic carbocycles. The number of alkyl halides is 4. The van der Waals surface area contributed by atoms with E-state index in [0.29, 0.717) is 6.42 Å². The van der Waals surface area contributed by atoms with Crippen molar-refractivity contribution >= 4 is 17.6 Å². The maximum absolute atomic E-state index is 11.8. The van der Waals surface area contributed by atoms with Gasteiger partial charge in [-0.15, -0.1) is 11.6 Å². The van der Waals surface area contributed by atoms with E-state index in [0.717, 1.165) is 6.42 Å². The van der Waals surface area contributed by atoms with E-state index < -0.39 is 23.9 Å². The fourth-order valence-electron chi connectivity index (χ4n) is 0.694. The Hall–Kier alpha value is -0.450. The highest BCUT2D eigenvalue weighted by Crippen LogP contribution is 2.24. The molecule has 0 aliphatic rings. The van der Waals surface area contributed by atoms with Crippen LogP contribution in [0.15, 0.2) is 0 Å². The second kappa shape index (κ2) is 6.11. The van der Waals surface area contributed by atoms with Crippen LogP contribution in [0.2, 0.25) is 0 Å². The van der Waals surface area contributed by atoms with Gasteiger partial charge in [0.15, 0.2) is 0 Å². The number of hydrogen-bond acceptors (Lipinski definition) is 2. The molecule has 0 heterocycles. The highest BCUT2D eigenvalue weighted by molar-refractivity contribution is 6.29. The molecule has 0 spiro atoms. The summed E-state index contributed by atoms with van der Waals surface area (Å²) in [7, 11) is 0. The standard InChI is InChI=1S/C8H12ClF3O2/c1-2-3-4-14-7(13)6(9)5-8(10,11)12/h6H,2-5H2,1H3. The van der Waals surface area contributed by atoms with Gasteiger partial charge in [0.05, 0.1) is 13.0 Å². The number of ether oxygens (including phenoxy) is 1. The number of hydrogen-bond donors (Lipinski definition) is 0. The van der Waals surface area contributed by atoms with Gasteiger partial charge in [-0.2, -0.15) is 13.2 Å². The van der Waals surface area contributed by atoms with Gasteiger partial charge in [-0.1, -0.05) is 13.3 Å². The van der Waals surface area contributed by atoms with Crippen molar-refractivity contribution in [2.45, 2.75) is 37.7 Å². The number of halogens is 4. The Morgan fingerprint density at radius 2 is 2.07 bits per heavy atom. The SMILES string of the molecule is CCCCOC(=O)C(Cl)CC(F)(F)F. The first kappa shape index (κ1) is 13.5. The fraction of sp³-hybridized carbons (Fsp3) is 0.875. The van der Waals surface area contributed by atoms with E-state index in [1.165, 1.54) is 0 Å². The van der Waals surface area contributed by atoms with Gasteiger partial charge in [0.2, 0.25) is 0 Å². The number of esters is 1. The summed E-state index contributed by atoms with van der Waals surface area (Å²) < 4.78 is 39.8. The summed E-state index contributed by atoms with van der Waals surface area (Å²) in [6, 6.07) is 0. The Kier molecular flexibility index (Phi) is 5.92. The van der Waals surface area contributed by atoms with Crippen LogP contribution in [0.3, 0.4) is 0 Å². The first-order valence-corrected chi connectivity index (χ1v) is 4.68. The van der Waals surface area contributed by atoms with Crippen LogP contribution in [-0.2, 0) is 9.53 Å². The third kappa shape index (κ3) is 7.00. The smallest absolute Gasteiger partial charge is 0.391 e. The van der Waals surface area contributed by atoms with E-state index in [9.17, 15) is 18.0 Å². The van der Waals surface area contributed by atoms with Crippen molar-refractivity contribution in [1.82, 2.24) is 0 Å². The topological polar surface area (TPSA) is 26.3 Å². The van der Waals surface area contributed by atoms with E-state index in [2.05, 4.69) is 4.74 Å². The third-order valence-corrected chi connectivity index (χ3v) is 1.74. The molecule has 1 atom stereocenters. The van der Waals surface area contributed by atoms with Crippen molar-refractivity contribution in [3.05, 3.63) is 0 Å². The minimum Gasteiger partial charge on any atom is -0.465 e. The first-order chi connectivity index (χ1) is 6.37. The Morgan fingerprint density at radius 3 is 2.50 bits per heavy atom. The molecule has 84 valence electrons. The van der Waals surface area contributed by atoms with Crippen LogP contribution < -0.4 is 0 Å². The fourth-order valence-corrected chi connectivity index (χ4v) is 0.932. The van der Waals surface area contributed by atoms with Crippen LogP contribution in [0, 0.1) is 0 Å². The molecule has 0 bridgehead atoms. The van der Waals surface area contributed by atoms with Gasteiger partial charge < -0.3 is 4.74 Å². The molecule has 0 aromatic carbocycles. The van der Waals surface area contributed by atoms with Crippen LogP contribution in [0.4, 0.5) is 13.2 Å². The maximum atomic E-state index is 11.8. The summed E-state index contributed by atoms with van der Waals surface area (Å²) >= 11 is 5.20. The van der Waals surface area contributed by atoms with E-state index in [-0.39, 0.29) is 6.61 Å². The zero-order valence-electron chi connectivity index (χ0n) is 7.73. The molecule has 6 heteroatoms. The lowest BCUT2D eigenvalue weighted by molar-refractivity contribution is -0.156. The molecular formula is C8H12ClF3O2. The molecule has 2 nitrogen and oxygen atoms in total. The molecule has 14 heavy (non-hydrogen) atoms. The maximum Gasteiger partial charge on any atom is 0.391 e. The number of unbranched alkanes of at least 4 members (excludes halogenated alkanes) is 1. The van der Waals surface area contributed by atoms with Crippen LogP contribution in [0.5, 0.6) is 0 Å². The molecule has 0 N–H and O–H groups in total. The summed E-state index contributed by atoms with van der Waals surface area (Å²) in [5.74, 6) is -1.00.